The fraction of sp³-hybridized carbons (Fsp3) is 0.667. The average molecular weight is 421 g/mol. The minimum atomic E-state index is -5.03. The number of nitrogens with zero attached hydrogens (tertiary/aromatic N) is 1. The number of alkyl halides is 6. The normalized spacial score (nSPS) is 23.7. The number of carbonyl (C=O) groups excluding carboxylic acids is 1. The van der Waals surface area contributed by atoms with E-state index in [1.54, 1.807) is 0 Å². The summed E-state index contributed by atoms with van der Waals surface area (Å²) in [4.78, 5) is 15.3. The second kappa shape index (κ2) is 8.28. The van der Waals surface area contributed by atoms with Crippen molar-refractivity contribution in [2.24, 2.45) is 5.92 Å². The largest absolute Gasteiger partial charge is 0.417 e. The highest BCUT2D eigenvalue weighted by atomic mass is 19.4. The molecule has 2 atom stereocenters. The van der Waals surface area contributed by atoms with Crippen LogP contribution in [-0.4, -0.2) is 29.8 Å². The number of carbonyl (C=O) groups is 1. The molecule has 1 aromatic carbocycles. The number of rotatable bonds is 5. The molecule has 29 heavy (non-hydrogen) atoms. The van der Waals surface area contributed by atoms with Gasteiger partial charge in [0.1, 0.15) is 0 Å². The molecular formula is C21H25F6NO. The number of benzene rings is 1. The van der Waals surface area contributed by atoms with Gasteiger partial charge in [-0.2, -0.15) is 26.3 Å². The first-order valence-electron chi connectivity index (χ1n) is 10.1. The third kappa shape index (κ3) is 4.78. The van der Waals surface area contributed by atoms with E-state index in [1.807, 2.05) is 0 Å². The Morgan fingerprint density at radius 2 is 1.66 bits per heavy atom. The Morgan fingerprint density at radius 1 is 1.00 bits per heavy atom. The van der Waals surface area contributed by atoms with Gasteiger partial charge >= 0.3 is 12.4 Å². The number of hydrogen-bond acceptors (Lipinski definition) is 2. The van der Waals surface area contributed by atoms with Crippen LogP contribution in [0.2, 0.25) is 0 Å². The van der Waals surface area contributed by atoms with Crippen LogP contribution in [0.5, 0.6) is 0 Å². The zero-order chi connectivity index (χ0) is 21.4. The van der Waals surface area contributed by atoms with Crippen LogP contribution in [0.3, 0.4) is 0 Å². The van der Waals surface area contributed by atoms with Crippen molar-refractivity contribution in [3.05, 3.63) is 34.4 Å². The molecule has 1 aliphatic heterocycles. The molecule has 0 spiro atoms. The maximum Gasteiger partial charge on any atom is 0.417 e. The molecule has 0 radical (unpaired) electrons. The van der Waals surface area contributed by atoms with E-state index in [-0.39, 0.29) is 36.4 Å². The molecular weight excluding hydrogens is 396 g/mol. The third-order valence-corrected chi connectivity index (χ3v) is 6.19. The Labute approximate surface area is 166 Å². The van der Waals surface area contributed by atoms with Crippen molar-refractivity contribution < 1.29 is 31.1 Å². The second-order valence-corrected chi connectivity index (χ2v) is 8.04. The van der Waals surface area contributed by atoms with Gasteiger partial charge in [-0.3, -0.25) is 4.79 Å². The maximum atomic E-state index is 13.6. The molecule has 2 aliphatic rings. The summed E-state index contributed by atoms with van der Waals surface area (Å²) in [6.07, 6.45) is -5.32. The monoisotopic (exact) mass is 421 g/mol. The SMILES string of the molecule is CCc1cc(C(F)(F)F)cc(C(F)(F)F)c1C(=O)C[C@H]1CCC[C@H]1N1CCCC1. The van der Waals surface area contributed by atoms with Gasteiger partial charge in [-0.1, -0.05) is 13.3 Å². The Balaban J connectivity index is 1.94. The van der Waals surface area contributed by atoms with E-state index in [9.17, 15) is 31.1 Å². The number of Topliss-reactive ketones (excluding diaryl/α,β-unsaturated/α-hetero) is 1. The number of hydrogen-bond donors (Lipinski definition) is 0. The van der Waals surface area contributed by atoms with Crippen LogP contribution in [0.15, 0.2) is 12.1 Å². The van der Waals surface area contributed by atoms with E-state index in [4.69, 9.17) is 0 Å². The first-order chi connectivity index (χ1) is 13.5. The van der Waals surface area contributed by atoms with E-state index < -0.39 is 34.8 Å². The Kier molecular flexibility index (Phi) is 6.32. The van der Waals surface area contributed by atoms with Crippen molar-refractivity contribution in [3.63, 3.8) is 0 Å². The van der Waals surface area contributed by atoms with Crippen molar-refractivity contribution in [2.45, 2.75) is 70.3 Å². The van der Waals surface area contributed by atoms with E-state index in [0.717, 1.165) is 45.2 Å². The second-order valence-electron chi connectivity index (χ2n) is 8.04. The summed E-state index contributed by atoms with van der Waals surface area (Å²) in [5.74, 6) is -0.743. The molecule has 3 rings (SSSR count). The topological polar surface area (TPSA) is 20.3 Å². The molecule has 1 saturated carbocycles. The van der Waals surface area contributed by atoms with E-state index in [2.05, 4.69) is 4.90 Å². The summed E-state index contributed by atoms with van der Waals surface area (Å²) in [5.41, 5.74) is -3.60. The first kappa shape index (κ1) is 22.1. The van der Waals surface area contributed by atoms with Gasteiger partial charge in [0.15, 0.2) is 5.78 Å². The highest BCUT2D eigenvalue weighted by Gasteiger charge is 2.42. The van der Waals surface area contributed by atoms with Gasteiger partial charge in [0.25, 0.3) is 0 Å². The lowest BCUT2D eigenvalue weighted by Crippen LogP contribution is -2.36. The van der Waals surface area contributed by atoms with Crippen molar-refractivity contribution in [1.29, 1.82) is 0 Å². The van der Waals surface area contributed by atoms with Gasteiger partial charge in [0.05, 0.1) is 11.1 Å². The Hall–Kier alpha value is -1.57. The summed E-state index contributed by atoms with van der Waals surface area (Å²) in [7, 11) is 0. The van der Waals surface area contributed by atoms with E-state index in [1.165, 1.54) is 6.92 Å². The Bertz CT molecular complexity index is 749. The van der Waals surface area contributed by atoms with Gasteiger partial charge in [-0.25, -0.2) is 0 Å². The molecule has 2 nitrogen and oxygen atoms in total. The molecule has 1 aliphatic carbocycles. The van der Waals surface area contributed by atoms with Crippen LogP contribution in [0, 0.1) is 5.92 Å². The van der Waals surface area contributed by atoms with Gasteiger partial charge in [0, 0.05) is 18.0 Å². The van der Waals surface area contributed by atoms with Crippen LogP contribution in [0.1, 0.15) is 72.5 Å². The predicted molar refractivity (Wildman–Crippen MR) is 96.7 cm³/mol. The van der Waals surface area contributed by atoms with Crippen LogP contribution in [0.25, 0.3) is 0 Å². The minimum Gasteiger partial charge on any atom is -0.300 e. The number of likely N-dealkylation sites (tertiary alicyclic amines) is 1. The quantitative estimate of drug-likeness (QED) is 0.421. The van der Waals surface area contributed by atoms with Crippen LogP contribution in [-0.2, 0) is 18.8 Å². The molecule has 1 heterocycles. The van der Waals surface area contributed by atoms with Gasteiger partial charge in [-0.15, -0.1) is 0 Å². The molecule has 1 saturated heterocycles. The lowest BCUT2D eigenvalue weighted by Gasteiger charge is -2.29. The standard InChI is InChI=1S/C21H25F6NO/c1-2-13-10-15(20(22,23)24)12-16(21(25,26)27)19(13)18(29)11-14-6-5-7-17(14)28-8-3-4-9-28/h10,12,14,17H,2-9,11H2,1H3/t14-,17-/m1/s1. The van der Waals surface area contributed by atoms with Gasteiger partial charge in [0.2, 0.25) is 0 Å². The van der Waals surface area contributed by atoms with Gasteiger partial charge < -0.3 is 4.90 Å². The van der Waals surface area contributed by atoms with E-state index in [0.29, 0.717) is 6.07 Å². The molecule has 0 amide bonds. The highest BCUT2D eigenvalue weighted by Crippen LogP contribution is 2.41. The summed E-state index contributed by atoms with van der Waals surface area (Å²) in [6.45, 7) is 3.34. The molecule has 8 heteroatoms. The fourth-order valence-electron chi connectivity index (χ4n) is 4.85. The zero-order valence-electron chi connectivity index (χ0n) is 16.3. The summed E-state index contributed by atoms with van der Waals surface area (Å²) in [5, 5.41) is 0. The zero-order valence-corrected chi connectivity index (χ0v) is 16.3. The van der Waals surface area contributed by atoms with Crippen LogP contribution in [0.4, 0.5) is 26.3 Å². The first-order valence-corrected chi connectivity index (χ1v) is 10.1. The summed E-state index contributed by atoms with van der Waals surface area (Å²) < 4.78 is 80.1. The molecule has 0 N–H and O–H groups in total. The van der Waals surface area contributed by atoms with Gasteiger partial charge in [-0.05, 0) is 68.8 Å². The molecule has 0 unspecified atom stereocenters. The highest BCUT2D eigenvalue weighted by molar-refractivity contribution is 5.99. The molecule has 0 aromatic heterocycles. The van der Waals surface area contributed by atoms with Crippen molar-refractivity contribution in [1.82, 2.24) is 4.90 Å². The predicted octanol–water partition coefficient (Wildman–Crippen LogP) is 6.12. The third-order valence-electron chi connectivity index (χ3n) is 6.19. The van der Waals surface area contributed by atoms with Crippen molar-refractivity contribution in [2.75, 3.05) is 13.1 Å². The van der Waals surface area contributed by atoms with E-state index >= 15 is 0 Å². The van der Waals surface area contributed by atoms with Crippen LogP contribution < -0.4 is 0 Å². The number of ketones is 1. The molecule has 2 fully saturated rings. The van der Waals surface area contributed by atoms with Crippen LogP contribution >= 0.6 is 0 Å². The molecule has 1 aromatic rings. The molecule has 0 bridgehead atoms. The minimum absolute atomic E-state index is 0.0475. The fourth-order valence-corrected chi connectivity index (χ4v) is 4.85. The lowest BCUT2D eigenvalue weighted by molar-refractivity contribution is -0.143. The maximum absolute atomic E-state index is 13.6. The summed E-state index contributed by atoms with van der Waals surface area (Å²) in [6, 6.07) is 0.948. The average Bonchev–Trinajstić information content (AvgIpc) is 3.30. The number of aryl methyl sites for hydroxylation is 1. The lowest BCUT2D eigenvalue weighted by atomic mass is 9.87. The molecule has 162 valence electrons. The Morgan fingerprint density at radius 3 is 2.21 bits per heavy atom. The van der Waals surface area contributed by atoms with Crippen molar-refractivity contribution >= 4 is 5.78 Å². The summed E-state index contributed by atoms with van der Waals surface area (Å²) >= 11 is 0. The smallest absolute Gasteiger partial charge is 0.300 e. The van der Waals surface area contributed by atoms with Crippen molar-refractivity contribution in [3.8, 4) is 0 Å². The number of halogens is 6.